The largest absolute Gasteiger partial charge is 0.394 e. The van der Waals surface area contributed by atoms with Crippen molar-refractivity contribution in [3.63, 3.8) is 0 Å². The summed E-state index contributed by atoms with van der Waals surface area (Å²) in [5.41, 5.74) is 0. The lowest BCUT2D eigenvalue weighted by molar-refractivity contribution is -0.387. The number of ether oxygens (including phenoxy) is 3. The Kier molecular flexibility index (Phi) is 5.92. The van der Waals surface area contributed by atoms with E-state index in [-0.39, 0.29) is 0 Å². The average Bonchev–Trinajstić information content (AvgIpc) is 2.55. The lowest BCUT2D eigenvalue weighted by Gasteiger charge is -2.47. The highest BCUT2D eigenvalue weighted by Gasteiger charge is 2.53. The normalized spacial score (nSPS) is 51.7. The first-order valence-corrected chi connectivity index (χ1v) is 7.04. The fourth-order valence-electron chi connectivity index (χ4n) is 2.53. The molecule has 2 heterocycles. The third kappa shape index (κ3) is 3.50. The molecule has 2 aliphatic rings. The molecule has 2 fully saturated rings. The van der Waals surface area contributed by atoms with Gasteiger partial charge in [0.05, 0.1) is 19.8 Å². The summed E-state index contributed by atoms with van der Waals surface area (Å²) in [6, 6.07) is 0. The molecule has 0 aliphatic carbocycles. The third-order valence-corrected chi connectivity index (χ3v) is 4.01. The minimum Gasteiger partial charge on any atom is -0.394 e. The van der Waals surface area contributed by atoms with Crippen molar-refractivity contribution < 1.29 is 55.1 Å². The van der Waals surface area contributed by atoms with Gasteiger partial charge in [0.1, 0.15) is 42.7 Å². The van der Waals surface area contributed by atoms with Gasteiger partial charge < -0.3 is 55.1 Å². The summed E-state index contributed by atoms with van der Waals surface area (Å²) in [6.07, 6.45) is -12.9. The van der Waals surface area contributed by atoms with Crippen LogP contribution in [0.3, 0.4) is 0 Å². The smallest absolute Gasteiger partial charge is 0.219 e. The van der Waals surface area contributed by atoms with Crippen molar-refractivity contribution >= 4 is 0 Å². The SMILES string of the molecule is OC[C@H]1O[C@H](O[C@@H]2[C@@H](O)[C@@H](O)COC2(O)CO)[C@H](O)[C@@H](O)[C@@H]1O. The van der Waals surface area contributed by atoms with Crippen LogP contribution in [0.15, 0.2) is 0 Å². The zero-order valence-corrected chi connectivity index (χ0v) is 12.0. The zero-order valence-electron chi connectivity index (χ0n) is 12.0. The van der Waals surface area contributed by atoms with Crippen LogP contribution in [0.25, 0.3) is 0 Å². The Morgan fingerprint density at radius 1 is 0.957 bits per heavy atom. The summed E-state index contributed by atoms with van der Waals surface area (Å²) in [7, 11) is 0. The van der Waals surface area contributed by atoms with E-state index in [2.05, 4.69) is 0 Å². The van der Waals surface area contributed by atoms with E-state index in [1.807, 2.05) is 0 Å². The van der Waals surface area contributed by atoms with Gasteiger partial charge in [-0.1, -0.05) is 0 Å². The third-order valence-electron chi connectivity index (χ3n) is 4.01. The molecule has 8 N–H and O–H groups in total. The molecule has 1 unspecified atom stereocenters. The highest BCUT2D eigenvalue weighted by Crippen LogP contribution is 2.30. The molecule has 11 heteroatoms. The van der Waals surface area contributed by atoms with Crippen molar-refractivity contribution in [1.29, 1.82) is 0 Å². The van der Waals surface area contributed by atoms with E-state index in [0.717, 1.165) is 0 Å². The highest BCUT2D eigenvalue weighted by molar-refractivity contribution is 4.95. The zero-order chi connectivity index (χ0) is 17.4. The predicted molar refractivity (Wildman–Crippen MR) is 68.6 cm³/mol. The van der Waals surface area contributed by atoms with E-state index >= 15 is 0 Å². The summed E-state index contributed by atoms with van der Waals surface area (Å²) in [5.74, 6) is -2.38. The number of hydrogen-bond acceptors (Lipinski definition) is 11. The Balaban J connectivity index is 2.17. The van der Waals surface area contributed by atoms with Crippen LogP contribution in [0.1, 0.15) is 0 Å². The van der Waals surface area contributed by atoms with Crippen molar-refractivity contribution in [2.24, 2.45) is 0 Å². The molecule has 0 saturated carbocycles. The Labute approximate surface area is 130 Å². The van der Waals surface area contributed by atoms with Crippen molar-refractivity contribution in [3.05, 3.63) is 0 Å². The second-order valence-electron chi connectivity index (χ2n) is 5.63. The maximum Gasteiger partial charge on any atom is 0.219 e. The van der Waals surface area contributed by atoms with Crippen LogP contribution in [-0.2, 0) is 14.2 Å². The lowest BCUT2D eigenvalue weighted by atomic mass is 9.96. The van der Waals surface area contributed by atoms with Gasteiger partial charge in [0.15, 0.2) is 6.29 Å². The van der Waals surface area contributed by atoms with Crippen LogP contribution in [0, 0.1) is 0 Å². The van der Waals surface area contributed by atoms with Gasteiger partial charge in [0, 0.05) is 0 Å². The lowest BCUT2D eigenvalue weighted by Crippen LogP contribution is -2.67. The molecule has 0 aromatic carbocycles. The Morgan fingerprint density at radius 2 is 1.61 bits per heavy atom. The minimum absolute atomic E-state index is 0.466. The predicted octanol–water partition coefficient (Wildman–Crippen LogP) is -5.40. The molecule has 0 radical (unpaired) electrons. The molecule has 2 saturated heterocycles. The summed E-state index contributed by atoms with van der Waals surface area (Å²) in [6.45, 7) is -2.15. The summed E-state index contributed by atoms with van der Waals surface area (Å²) in [5, 5.41) is 77.2. The summed E-state index contributed by atoms with van der Waals surface area (Å²) in [4.78, 5) is 0. The van der Waals surface area contributed by atoms with Crippen LogP contribution in [0.4, 0.5) is 0 Å². The fourth-order valence-corrected chi connectivity index (χ4v) is 2.53. The van der Waals surface area contributed by atoms with E-state index in [0.29, 0.717) is 0 Å². The maximum absolute atomic E-state index is 10.1. The van der Waals surface area contributed by atoms with Crippen molar-refractivity contribution in [2.45, 2.75) is 54.8 Å². The number of aliphatic hydroxyl groups excluding tert-OH is 7. The average molecular weight is 342 g/mol. The molecule has 0 aromatic rings. The quantitative estimate of drug-likeness (QED) is 0.243. The van der Waals surface area contributed by atoms with Gasteiger partial charge in [-0.3, -0.25) is 0 Å². The van der Waals surface area contributed by atoms with Gasteiger partial charge >= 0.3 is 0 Å². The van der Waals surface area contributed by atoms with Gasteiger partial charge in [-0.25, -0.2) is 0 Å². The fraction of sp³-hybridized carbons (Fsp3) is 1.00. The molecule has 2 rings (SSSR count). The highest BCUT2D eigenvalue weighted by atomic mass is 16.7. The van der Waals surface area contributed by atoms with E-state index in [1.54, 1.807) is 0 Å². The molecule has 0 amide bonds. The van der Waals surface area contributed by atoms with E-state index in [1.165, 1.54) is 0 Å². The van der Waals surface area contributed by atoms with Gasteiger partial charge in [-0.15, -0.1) is 0 Å². The second-order valence-corrected chi connectivity index (χ2v) is 5.63. The Hall–Kier alpha value is -0.440. The maximum atomic E-state index is 10.1. The molecule has 2 aliphatic heterocycles. The van der Waals surface area contributed by atoms with Crippen molar-refractivity contribution in [1.82, 2.24) is 0 Å². The first-order chi connectivity index (χ1) is 10.7. The number of aliphatic hydroxyl groups is 8. The molecule has 11 nitrogen and oxygen atoms in total. The van der Waals surface area contributed by atoms with E-state index < -0.39 is 74.6 Å². The topological polar surface area (TPSA) is 190 Å². The summed E-state index contributed by atoms with van der Waals surface area (Å²) >= 11 is 0. The first kappa shape index (κ1) is 18.9. The molecule has 136 valence electrons. The van der Waals surface area contributed by atoms with E-state index in [9.17, 15) is 35.7 Å². The monoisotopic (exact) mass is 342 g/mol. The molecule has 0 spiro atoms. The Morgan fingerprint density at radius 3 is 2.17 bits per heavy atom. The summed E-state index contributed by atoms with van der Waals surface area (Å²) < 4.78 is 15.1. The van der Waals surface area contributed by atoms with Crippen LogP contribution < -0.4 is 0 Å². The molecular weight excluding hydrogens is 320 g/mol. The second kappa shape index (κ2) is 7.21. The van der Waals surface area contributed by atoms with Crippen LogP contribution in [-0.4, -0.2) is 115 Å². The van der Waals surface area contributed by atoms with Crippen molar-refractivity contribution in [2.75, 3.05) is 19.8 Å². The van der Waals surface area contributed by atoms with Crippen LogP contribution >= 0.6 is 0 Å². The van der Waals surface area contributed by atoms with E-state index in [4.69, 9.17) is 19.3 Å². The van der Waals surface area contributed by atoms with Gasteiger partial charge in [0.2, 0.25) is 5.79 Å². The minimum atomic E-state index is -2.38. The van der Waals surface area contributed by atoms with Gasteiger partial charge in [-0.2, -0.15) is 0 Å². The molecule has 23 heavy (non-hydrogen) atoms. The standard InChI is InChI=1S/C12H22O11/c13-1-5-7(17)8(18)9(19)11(22-5)23-10-6(16)4(15)2-21-12(10,20)3-14/h4-11,13-20H,1-3H2/t4-,5+,6-,7+,8-,9+,10+,11+,12?/m0/s1. The molecule has 9 atom stereocenters. The number of rotatable bonds is 4. The van der Waals surface area contributed by atoms with Gasteiger partial charge in [0.25, 0.3) is 0 Å². The molecule has 0 aromatic heterocycles. The first-order valence-electron chi connectivity index (χ1n) is 7.04. The Bertz CT molecular complexity index is 393. The van der Waals surface area contributed by atoms with Crippen LogP contribution in [0.5, 0.6) is 0 Å². The van der Waals surface area contributed by atoms with Crippen LogP contribution in [0.2, 0.25) is 0 Å². The van der Waals surface area contributed by atoms with Crippen molar-refractivity contribution in [3.8, 4) is 0 Å². The molecule has 0 bridgehead atoms. The molecular formula is C12H22O11. The number of hydrogen-bond donors (Lipinski definition) is 8. The van der Waals surface area contributed by atoms with Gasteiger partial charge in [-0.05, 0) is 0 Å².